The number of thioether (sulfide) groups is 1. The lowest BCUT2D eigenvalue weighted by Gasteiger charge is -2.20. The minimum absolute atomic E-state index is 0.0295. The summed E-state index contributed by atoms with van der Waals surface area (Å²) in [6.07, 6.45) is 5.87. The predicted octanol–water partition coefficient (Wildman–Crippen LogP) is 4.18. The Morgan fingerprint density at radius 3 is 2.88 bits per heavy atom. The average Bonchev–Trinajstić information content (AvgIpc) is 3.15. The third kappa shape index (κ3) is 3.68. The first-order chi connectivity index (χ1) is 12.7. The Bertz CT molecular complexity index is 804. The number of benzene rings is 1. The van der Waals surface area contributed by atoms with Gasteiger partial charge >= 0.3 is 0 Å². The number of ether oxygens (including phenoxy) is 2. The molecule has 1 aliphatic carbocycles. The highest BCUT2D eigenvalue weighted by Crippen LogP contribution is 2.37. The molecule has 1 aromatic heterocycles. The van der Waals surface area contributed by atoms with E-state index in [9.17, 15) is 10.1 Å². The van der Waals surface area contributed by atoms with Crippen molar-refractivity contribution in [3.8, 4) is 5.75 Å². The van der Waals surface area contributed by atoms with Crippen LogP contribution in [-0.4, -0.2) is 21.9 Å². The highest BCUT2D eigenvalue weighted by atomic mass is 32.2. The summed E-state index contributed by atoms with van der Waals surface area (Å²) >= 11 is 1.37. The second-order valence-electron chi connectivity index (χ2n) is 6.49. The zero-order chi connectivity index (χ0) is 17.9. The van der Waals surface area contributed by atoms with Gasteiger partial charge in [0.25, 0.3) is 10.9 Å². The summed E-state index contributed by atoms with van der Waals surface area (Å²) in [5.41, 5.74) is 1.45. The Balaban J connectivity index is 1.50. The molecule has 1 saturated carbocycles. The first-order valence-corrected chi connectivity index (χ1v) is 9.66. The summed E-state index contributed by atoms with van der Waals surface area (Å²) in [4.78, 5) is 10.8. The number of nitro benzene ring substituents is 1. The van der Waals surface area contributed by atoms with E-state index in [-0.39, 0.29) is 12.5 Å². The maximum Gasteiger partial charge on any atom is 0.276 e. The van der Waals surface area contributed by atoms with Crippen LogP contribution in [0.3, 0.4) is 0 Å². The predicted molar refractivity (Wildman–Crippen MR) is 93.1 cm³/mol. The van der Waals surface area contributed by atoms with Gasteiger partial charge < -0.3 is 13.9 Å². The first kappa shape index (κ1) is 17.3. The summed E-state index contributed by atoms with van der Waals surface area (Å²) in [7, 11) is 0. The van der Waals surface area contributed by atoms with Gasteiger partial charge in [0.05, 0.1) is 11.5 Å². The summed E-state index contributed by atoms with van der Waals surface area (Å²) in [6, 6.07) is 3.03. The van der Waals surface area contributed by atoms with Crippen LogP contribution in [0.2, 0.25) is 0 Å². The summed E-state index contributed by atoms with van der Waals surface area (Å²) in [5, 5.41) is 20.0. The average molecular weight is 377 g/mol. The zero-order valence-electron chi connectivity index (χ0n) is 14.2. The molecule has 1 aliphatic heterocycles. The number of hydrogen-bond acceptors (Lipinski definition) is 8. The molecule has 0 radical (unpaired) electrons. The van der Waals surface area contributed by atoms with E-state index >= 15 is 0 Å². The van der Waals surface area contributed by atoms with E-state index in [0.717, 1.165) is 18.4 Å². The number of nitrogens with zero attached hydrogens (tertiary/aromatic N) is 3. The summed E-state index contributed by atoms with van der Waals surface area (Å²) in [6.45, 7) is 0.454. The van der Waals surface area contributed by atoms with Crippen LogP contribution in [-0.2, 0) is 17.1 Å². The fraction of sp³-hybridized carbons (Fsp3) is 0.529. The van der Waals surface area contributed by atoms with Gasteiger partial charge in [-0.3, -0.25) is 10.1 Å². The minimum atomic E-state index is -0.406. The van der Waals surface area contributed by atoms with Crippen LogP contribution < -0.4 is 4.74 Å². The maximum atomic E-state index is 11.2. The highest BCUT2D eigenvalue weighted by molar-refractivity contribution is 7.98. The lowest BCUT2D eigenvalue weighted by Crippen LogP contribution is -2.13. The Morgan fingerprint density at radius 2 is 2.08 bits per heavy atom. The van der Waals surface area contributed by atoms with Crippen LogP contribution in [0.5, 0.6) is 5.75 Å². The Kier molecular flexibility index (Phi) is 5.07. The molecule has 1 fully saturated rings. The van der Waals surface area contributed by atoms with E-state index in [1.54, 1.807) is 0 Å². The molecule has 0 N–H and O–H groups in total. The van der Waals surface area contributed by atoms with E-state index in [4.69, 9.17) is 13.9 Å². The lowest BCUT2D eigenvalue weighted by molar-refractivity contribution is -0.385. The quantitative estimate of drug-likeness (QED) is 0.434. The number of aromatic nitrogens is 2. The molecule has 9 heteroatoms. The third-order valence-electron chi connectivity index (χ3n) is 4.71. The molecule has 2 heterocycles. The van der Waals surface area contributed by atoms with Crippen molar-refractivity contribution < 1.29 is 18.8 Å². The minimum Gasteiger partial charge on any atom is -0.467 e. The highest BCUT2D eigenvalue weighted by Gasteiger charge is 2.23. The third-order valence-corrected chi connectivity index (χ3v) is 5.58. The number of non-ortho nitro benzene ring substituents is 1. The lowest BCUT2D eigenvalue weighted by atomic mass is 9.89. The van der Waals surface area contributed by atoms with Crippen molar-refractivity contribution in [1.29, 1.82) is 0 Å². The monoisotopic (exact) mass is 377 g/mol. The molecule has 2 aliphatic rings. The summed E-state index contributed by atoms with van der Waals surface area (Å²) < 4.78 is 16.6. The first-order valence-electron chi connectivity index (χ1n) is 8.67. The van der Waals surface area contributed by atoms with Crippen molar-refractivity contribution in [3.63, 3.8) is 0 Å². The van der Waals surface area contributed by atoms with Gasteiger partial charge in [0.15, 0.2) is 6.79 Å². The van der Waals surface area contributed by atoms with Gasteiger partial charge in [-0.2, -0.15) is 0 Å². The smallest absolute Gasteiger partial charge is 0.276 e. The van der Waals surface area contributed by atoms with Gasteiger partial charge in [-0.05, 0) is 12.8 Å². The number of hydrogen-bond donors (Lipinski definition) is 0. The van der Waals surface area contributed by atoms with Gasteiger partial charge in [0.1, 0.15) is 5.75 Å². The van der Waals surface area contributed by atoms with Crippen molar-refractivity contribution in [2.24, 2.45) is 0 Å². The SMILES string of the molecule is O=[N+]([O-])c1cc2c(c(CSc3nnc(C4CCCCC4)o3)c1)OCOC2. The van der Waals surface area contributed by atoms with Gasteiger partial charge in [-0.15, -0.1) is 10.2 Å². The summed E-state index contributed by atoms with van der Waals surface area (Å²) in [5.74, 6) is 2.17. The van der Waals surface area contributed by atoms with Crippen molar-refractivity contribution in [2.75, 3.05) is 6.79 Å². The standard InChI is InChI=1S/C17H19N3O5S/c21-20(22)14-6-12-8-23-10-24-15(12)13(7-14)9-26-17-19-18-16(25-17)11-4-2-1-3-5-11/h6-7,11H,1-5,8-10H2. The molecule has 2 aromatic rings. The van der Waals surface area contributed by atoms with E-state index in [1.165, 1.54) is 43.2 Å². The zero-order valence-corrected chi connectivity index (χ0v) is 15.0. The fourth-order valence-corrected chi connectivity index (χ4v) is 4.16. The van der Waals surface area contributed by atoms with Crippen LogP contribution >= 0.6 is 11.8 Å². The molecule has 0 spiro atoms. The Labute approximate surface area is 154 Å². The molecule has 26 heavy (non-hydrogen) atoms. The van der Waals surface area contributed by atoms with Gasteiger partial charge in [-0.1, -0.05) is 31.0 Å². The number of rotatable bonds is 5. The van der Waals surface area contributed by atoms with Crippen molar-refractivity contribution in [1.82, 2.24) is 10.2 Å². The van der Waals surface area contributed by atoms with Gasteiger partial charge in [0.2, 0.25) is 5.89 Å². The van der Waals surface area contributed by atoms with Crippen molar-refractivity contribution >= 4 is 17.4 Å². The van der Waals surface area contributed by atoms with E-state index in [0.29, 0.717) is 40.7 Å². The van der Waals surface area contributed by atoms with Crippen LogP contribution in [0.15, 0.2) is 21.8 Å². The van der Waals surface area contributed by atoms with Crippen LogP contribution in [0, 0.1) is 10.1 Å². The van der Waals surface area contributed by atoms with E-state index in [2.05, 4.69) is 10.2 Å². The maximum absolute atomic E-state index is 11.2. The topological polar surface area (TPSA) is 101 Å². The molecule has 0 bridgehead atoms. The normalized spacial score (nSPS) is 17.5. The number of fused-ring (bicyclic) bond motifs is 1. The molecule has 138 valence electrons. The molecular formula is C17H19N3O5S. The molecule has 4 rings (SSSR count). The van der Waals surface area contributed by atoms with Crippen molar-refractivity contribution in [3.05, 3.63) is 39.3 Å². The molecular weight excluding hydrogens is 358 g/mol. The Morgan fingerprint density at radius 1 is 1.23 bits per heavy atom. The van der Waals surface area contributed by atoms with Crippen LogP contribution in [0.25, 0.3) is 0 Å². The second-order valence-corrected chi connectivity index (χ2v) is 7.42. The van der Waals surface area contributed by atoms with Crippen LogP contribution in [0.1, 0.15) is 55.0 Å². The molecule has 8 nitrogen and oxygen atoms in total. The fourth-order valence-electron chi connectivity index (χ4n) is 3.43. The van der Waals surface area contributed by atoms with Crippen LogP contribution in [0.4, 0.5) is 5.69 Å². The molecule has 0 unspecified atom stereocenters. The van der Waals surface area contributed by atoms with Crippen molar-refractivity contribution in [2.45, 2.75) is 55.6 Å². The second kappa shape index (κ2) is 7.63. The van der Waals surface area contributed by atoms with E-state index in [1.807, 2.05) is 0 Å². The molecule has 0 atom stereocenters. The Hall–Kier alpha value is -2.13. The molecule has 1 aromatic carbocycles. The largest absolute Gasteiger partial charge is 0.467 e. The number of nitro groups is 1. The van der Waals surface area contributed by atoms with E-state index < -0.39 is 4.92 Å². The van der Waals surface area contributed by atoms with Gasteiger partial charge in [0, 0.05) is 34.9 Å². The van der Waals surface area contributed by atoms with Gasteiger partial charge in [-0.25, -0.2) is 0 Å². The molecule has 0 amide bonds. The molecule has 0 saturated heterocycles.